The second-order valence-electron chi connectivity index (χ2n) is 6.04. The topological polar surface area (TPSA) is 123 Å². The lowest BCUT2D eigenvalue weighted by molar-refractivity contribution is -0.384. The lowest BCUT2D eigenvalue weighted by atomic mass is 10.1. The third-order valence-electron chi connectivity index (χ3n) is 4.09. The third-order valence-corrected chi connectivity index (χ3v) is 4.09. The second-order valence-corrected chi connectivity index (χ2v) is 6.04. The molecule has 0 spiro atoms. The number of para-hydroxylation sites is 1. The highest BCUT2D eigenvalue weighted by Crippen LogP contribution is 2.28. The number of nitro benzene ring substituents is 1. The van der Waals surface area contributed by atoms with E-state index in [-0.39, 0.29) is 11.4 Å². The largest absolute Gasteiger partial charge is 0.493 e. The Hall–Kier alpha value is -4.01. The predicted octanol–water partition coefficient (Wildman–Crippen LogP) is 3.54. The number of rotatable bonds is 7. The van der Waals surface area contributed by atoms with Gasteiger partial charge in [-0.2, -0.15) is 10.2 Å². The van der Waals surface area contributed by atoms with Crippen molar-refractivity contribution in [2.75, 3.05) is 6.61 Å². The number of nitrogens with one attached hydrogen (secondary N) is 2. The van der Waals surface area contributed by atoms with Gasteiger partial charge in [0.1, 0.15) is 11.4 Å². The van der Waals surface area contributed by atoms with E-state index >= 15 is 0 Å². The van der Waals surface area contributed by atoms with Gasteiger partial charge in [-0.15, -0.1) is 0 Å². The molecule has 0 atom stereocenters. The van der Waals surface area contributed by atoms with Crippen molar-refractivity contribution in [1.29, 1.82) is 0 Å². The van der Waals surface area contributed by atoms with E-state index in [2.05, 4.69) is 20.7 Å². The van der Waals surface area contributed by atoms with E-state index in [1.165, 1.54) is 12.1 Å². The van der Waals surface area contributed by atoms with Crippen molar-refractivity contribution in [3.8, 4) is 17.0 Å². The molecule has 0 saturated heterocycles. The maximum Gasteiger partial charge on any atom is 0.289 e. The third kappa shape index (κ3) is 4.64. The lowest BCUT2D eigenvalue weighted by Gasteiger charge is -2.07. The van der Waals surface area contributed by atoms with Gasteiger partial charge in [-0.1, -0.05) is 24.3 Å². The number of benzene rings is 2. The fourth-order valence-corrected chi connectivity index (χ4v) is 2.64. The van der Waals surface area contributed by atoms with Crippen LogP contribution in [0.3, 0.4) is 0 Å². The normalized spacial score (nSPS) is 11.2. The number of nitro groups is 1. The Bertz CT molecular complexity index is 1070. The van der Waals surface area contributed by atoms with Gasteiger partial charge < -0.3 is 4.74 Å². The average molecular weight is 393 g/mol. The number of hydrazone groups is 1. The predicted molar refractivity (Wildman–Crippen MR) is 108 cm³/mol. The summed E-state index contributed by atoms with van der Waals surface area (Å²) in [5.74, 6) is 0.190. The standard InChI is InChI=1S/C20H19N5O4/c1-3-29-19-10-5-4-9-16(19)17-12-18(23-22-17)20(26)24-21-13(2)14-7-6-8-15(11-14)25(27)28/h4-12H,3H2,1-2H3,(H,22,23)(H,24,26). The van der Waals surface area contributed by atoms with Gasteiger partial charge in [-0.3, -0.25) is 20.0 Å². The van der Waals surface area contributed by atoms with Crippen LogP contribution in [0.4, 0.5) is 5.69 Å². The Balaban J connectivity index is 1.75. The van der Waals surface area contributed by atoms with E-state index < -0.39 is 10.8 Å². The van der Waals surface area contributed by atoms with Crippen molar-refractivity contribution in [2.24, 2.45) is 5.10 Å². The van der Waals surface area contributed by atoms with Gasteiger partial charge in [-0.25, -0.2) is 5.43 Å². The maximum atomic E-state index is 12.4. The van der Waals surface area contributed by atoms with Crippen LogP contribution in [0.5, 0.6) is 5.75 Å². The van der Waals surface area contributed by atoms with Gasteiger partial charge in [0, 0.05) is 23.3 Å². The summed E-state index contributed by atoms with van der Waals surface area (Å²) < 4.78 is 5.59. The molecule has 9 nitrogen and oxygen atoms in total. The summed E-state index contributed by atoms with van der Waals surface area (Å²) in [7, 11) is 0. The molecule has 0 aliphatic heterocycles. The van der Waals surface area contributed by atoms with E-state index in [9.17, 15) is 14.9 Å². The zero-order chi connectivity index (χ0) is 20.8. The summed E-state index contributed by atoms with van der Waals surface area (Å²) in [4.78, 5) is 22.8. The zero-order valence-electron chi connectivity index (χ0n) is 15.9. The number of non-ortho nitro benzene ring substituents is 1. The second kappa shape index (κ2) is 8.79. The van der Waals surface area contributed by atoms with Crippen LogP contribution < -0.4 is 10.2 Å². The highest BCUT2D eigenvalue weighted by Gasteiger charge is 2.14. The molecule has 148 valence electrons. The zero-order valence-corrected chi connectivity index (χ0v) is 15.9. The molecule has 1 aromatic heterocycles. The molecule has 0 unspecified atom stereocenters. The van der Waals surface area contributed by atoms with Crippen molar-refractivity contribution in [3.05, 3.63) is 76.0 Å². The number of H-pyrrole nitrogens is 1. The molecule has 9 heteroatoms. The van der Waals surface area contributed by atoms with E-state index in [4.69, 9.17) is 4.74 Å². The minimum absolute atomic E-state index is 0.0467. The van der Waals surface area contributed by atoms with E-state index in [1.807, 2.05) is 31.2 Å². The van der Waals surface area contributed by atoms with Crippen molar-refractivity contribution in [1.82, 2.24) is 15.6 Å². The fourth-order valence-electron chi connectivity index (χ4n) is 2.64. The first kappa shape index (κ1) is 19.7. The van der Waals surface area contributed by atoms with Gasteiger partial charge in [-0.05, 0) is 32.0 Å². The first-order chi connectivity index (χ1) is 14.0. The van der Waals surface area contributed by atoms with Crippen LogP contribution in [0.25, 0.3) is 11.3 Å². The molecule has 0 aliphatic rings. The summed E-state index contributed by atoms with van der Waals surface area (Å²) >= 11 is 0. The first-order valence-electron chi connectivity index (χ1n) is 8.86. The molecular formula is C20H19N5O4. The molecule has 0 saturated carbocycles. The van der Waals surface area contributed by atoms with Crippen LogP contribution in [-0.4, -0.2) is 33.3 Å². The molecule has 2 aromatic carbocycles. The Kier molecular flexibility index (Phi) is 5.98. The Morgan fingerprint density at radius 1 is 1.24 bits per heavy atom. The molecule has 0 fully saturated rings. The van der Waals surface area contributed by atoms with E-state index in [0.717, 1.165) is 5.56 Å². The van der Waals surface area contributed by atoms with Gasteiger partial charge in [0.15, 0.2) is 0 Å². The SMILES string of the molecule is CCOc1ccccc1-c1cc(C(=O)NN=C(C)c2cccc([N+](=O)[O-])c2)[nH]n1. The number of aromatic amines is 1. The van der Waals surface area contributed by atoms with Crippen LogP contribution in [-0.2, 0) is 0 Å². The van der Waals surface area contributed by atoms with Crippen molar-refractivity contribution in [3.63, 3.8) is 0 Å². The van der Waals surface area contributed by atoms with Crippen LogP contribution in [0.15, 0.2) is 59.7 Å². The minimum atomic E-state index is -0.485. The smallest absolute Gasteiger partial charge is 0.289 e. The Labute approximate surface area is 166 Å². The van der Waals surface area contributed by atoms with Crippen LogP contribution in [0.1, 0.15) is 29.9 Å². The molecule has 1 heterocycles. The summed E-state index contributed by atoms with van der Waals surface area (Å²) in [6, 6.07) is 15.0. The number of aromatic nitrogens is 2. The van der Waals surface area contributed by atoms with Crippen LogP contribution >= 0.6 is 0 Å². The molecule has 3 rings (SSSR count). The Morgan fingerprint density at radius 2 is 2.03 bits per heavy atom. The van der Waals surface area contributed by atoms with E-state index in [1.54, 1.807) is 25.1 Å². The summed E-state index contributed by atoms with van der Waals surface area (Å²) in [5.41, 5.74) is 4.91. The highest BCUT2D eigenvalue weighted by atomic mass is 16.6. The van der Waals surface area contributed by atoms with Crippen molar-refractivity contribution >= 4 is 17.3 Å². The van der Waals surface area contributed by atoms with Crippen molar-refractivity contribution in [2.45, 2.75) is 13.8 Å². The monoisotopic (exact) mass is 393 g/mol. The number of ether oxygens (including phenoxy) is 1. The molecule has 29 heavy (non-hydrogen) atoms. The molecule has 0 aliphatic carbocycles. The molecule has 0 bridgehead atoms. The quantitative estimate of drug-likeness (QED) is 0.361. The fraction of sp³-hybridized carbons (Fsp3) is 0.150. The number of hydrogen-bond acceptors (Lipinski definition) is 6. The minimum Gasteiger partial charge on any atom is -0.493 e. The number of carbonyl (C=O) groups excluding carboxylic acids is 1. The van der Waals surface area contributed by atoms with Gasteiger partial charge in [0.25, 0.3) is 11.6 Å². The molecule has 1 amide bonds. The average Bonchev–Trinajstić information content (AvgIpc) is 3.22. The summed E-state index contributed by atoms with van der Waals surface area (Å²) in [6.45, 7) is 4.05. The summed E-state index contributed by atoms with van der Waals surface area (Å²) in [5, 5.41) is 21.8. The van der Waals surface area contributed by atoms with Gasteiger partial charge >= 0.3 is 0 Å². The van der Waals surface area contributed by atoms with Crippen molar-refractivity contribution < 1.29 is 14.5 Å². The number of nitrogens with zero attached hydrogens (tertiary/aromatic N) is 3. The number of amides is 1. The van der Waals surface area contributed by atoms with Gasteiger partial charge in [0.05, 0.1) is 22.9 Å². The van der Waals surface area contributed by atoms with Crippen LogP contribution in [0.2, 0.25) is 0 Å². The Morgan fingerprint density at radius 3 is 2.79 bits per heavy atom. The molecular weight excluding hydrogens is 374 g/mol. The molecule has 3 aromatic rings. The van der Waals surface area contributed by atoms with Gasteiger partial charge in [0.2, 0.25) is 0 Å². The van der Waals surface area contributed by atoms with E-state index in [0.29, 0.717) is 29.3 Å². The first-order valence-corrected chi connectivity index (χ1v) is 8.86. The highest BCUT2D eigenvalue weighted by molar-refractivity contribution is 6.01. The molecule has 2 N–H and O–H groups in total. The maximum absolute atomic E-state index is 12.4. The summed E-state index contributed by atoms with van der Waals surface area (Å²) in [6.07, 6.45) is 0. The van der Waals surface area contributed by atoms with Crippen LogP contribution in [0, 0.1) is 10.1 Å². The lowest BCUT2D eigenvalue weighted by Crippen LogP contribution is -2.19. The number of carbonyl (C=O) groups is 1. The number of hydrogen-bond donors (Lipinski definition) is 2. The molecule has 0 radical (unpaired) electrons.